The van der Waals surface area contributed by atoms with Gasteiger partial charge in [0.15, 0.2) is 0 Å². The lowest BCUT2D eigenvalue weighted by Crippen LogP contribution is -2.41. The Morgan fingerprint density at radius 2 is 2.17 bits per heavy atom. The Labute approximate surface area is 137 Å². The first-order valence-electron chi connectivity index (χ1n) is 7.20. The van der Waals surface area contributed by atoms with Gasteiger partial charge in [0.25, 0.3) is 0 Å². The maximum absolute atomic E-state index is 14.2. The predicted molar refractivity (Wildman–Crippen MR) is 83.9 cm³/mol. The highest BCUT2D eigenvalue weighted by Gasteiger charge is 2.39. The van der Waals surface area contributed by atoms with Crippen molar-refractivity contribution in [1.82, 2.24) is 14.8 Å². The number of thioether (sulfide) groups is 1. The van der Waals surface area contributed by atoms with Crippen LogP contribution in [0.4, 0.5) is 8.78 Å². The van der Waals surface area contributed by atoms with Crippen molar-refractivity contribution >= 4 is 11.8 Å². The van der Waals surface area contributed by atoms with E-state index in [1.54, 1.807) is 6.92 Å². The molecule has 0 aliphatic carbocycles. The third-order valence-corrected chi connectivity index (χ3v) is 5.02. The lowest BCUT2D eigenvalue weighted by atomic mass is 9.90. The maximum Gasteiger partial charge on any atom is 0.137 e. The van der Waals surface area contributed by atoms with E-state index in [0.29, 0.717) is 12.2 Å². The quantitative estimate of drug-likeness (QED) is 0.717. The fourth-order valence-electron chi connectivity index (χ4n) is 2.30. The molecule has 0 spiro atoms. The van der Waals surface area contributed by atoms with E-state index in [2.05, 4.69) is 10.1 Å². The molecule has 0 fully saturated rings. The fourth-order valence-corrected chi connectivity index (χ4v) is 3.42. The van der Waals surface area contributed by atoms with Crippen LogP contribution in [0.25, 0.3) is 0 Å². The van der Waals surface area contributed by atoms with Gasteiger partial charge in [0.2, 0.25) is 0 Å². The van der Waals surface area contributed by atoms with Crippen molar-refractivity contribution < 1.29 is 19.0 Å². The van der Waals surface area contributed by atoms with E-state index in [1.807, 2.05) is 0 Å². The van der Waals surface area contributed by atoms with Gasteiger partial charge >= 0.3 is 0 Å². The van der Waals surface area contributed by atoms with Crippen molar-refractivity contribution in [2.24, 2.45) is 0 Å². The van der Waals surface area contributed by atoms with Crippen LogP contribution in [0.3, 0.4) is 0 Å². The number of nitrogens with zero attached hydrogens (tertiary/aromatic N) is 3. The van der Waals surface area contributed by atoms with Crippen molar-refractivity contribution in [3.05, 3.63) is 48.1 Å². The van der Waals surface area contributed by atoms with Gasteiger partial charge in [-0.2, -0.15) is 16.9 Å². The summed E-state index contributed by atoms with van der Waals surface area (Å²) < 4.78 is 28.8. The smallest absolute Gasteiger partial charge is 0.137 e. The first kappa shape index (κ1) is 17.8. The van der Waals surface area contributed by atoms with Crippen molar-refractivity contribution in [2.75, 3.05) is 12.4 Å². The van der Waals surface area contributed by atoms with Crippen LogP contribution in [0.15, 0.2) is 30.9 Å². The zero-order valence-electron chi connectivity index (χ0n) is 12.7. The van der Waals surface area contributed by atoms with Gasteiger partial charge in [-0.15, -0.1) is 0 Å². The van der Waals surface area contributed by atoms with Crippen LogP contribution < -0.4 is 0 Å². The van der Waals surface area contributed by atoms with Crippen LogP contribution in [0.2, 0.25) is 0 Å². The highest BCUT2D eigenvalue weighted by molar-refractivity contribution is 7.99. The fraction of sp³-hybridized carbons (Fsp3) is 0.467. The minimum absolute atomic E-state index is 0.0111. The molecule has 8 heteroatoms. The second-order valence-electron chi connectivity index (χ2n) is 5.23. The first-order valence-corrected chi connectivity index (χ1v) is 8.25. The van der Waals surface area contributed by atoms with Crippen molar-refractivity contribution in [3.63, 3.8) is 0 Å². The van der Waals surface area contributed by atoms with Gasteiger partial charge in [0, 0.05) is 23.5 Å². The second-order valence-corrected chi connectivity index (χ2v) is 6.68. The molecule has 1 aromatic carbocycles. The molecule has 0 aliphatic heterocycles. The van der Waals surface area contributed by atoms with Gasteiger partial charge in [-0.25, -0.2) is 18.4 Å². The highest BCUT2D eigenvalue weighted by atomic mass is 32.2. The predicted octanol–water partition coefficient (Wildman–Crippen LogP) is 1.95. The van der Waals surface area contributed by atoms with Crippen LogP contribution in [-0.2, 0) is 12.1 Å². The minimum atomic E-state index is -1.59. The number of aliphatic hydroxyl groups excluding tert-OH is 1. The molecule has 0 bridgehead atoms. The number of hydrogen-bond donors (Lipinski definition) is 2. The average Bonchev–Trinajstić information content (AvgIpc) is 2.99. The number of hydrogen-bond acceptors (Lipinski definition) is 5. The normalized spacial score (nSPS) is 15.3. The number of halogens is 2. The molecule has 5 nitrogen and oxygen atoms in total. The van der Waals surface area contributed by atoms with Crippen LogP contribution >= 0.6 is 11.8 Å². The molecule has 2 aromatic rings. The van der Waals surface area contributed by atoms with E-state index < -0.39 is 22.5 Å². The van der Waals surface area contributed by atoms with Gasteiger partial charge < -0.3 is 10.2 Å². The van der Waals surface area contributed by atoms with Crippen molar-refractivity contribution in [1.29, 1.82) is 0 Å². The summed E-state index contributed by atoms with van der Waals surface area (Å²) in [5, 5.41) is 23.6. The third-order valence-electron chi connectivity index (χ3n) is 3.61. The summed E-state index contributed by atoms with van der Waals surface area (Å²) in [7, 11) is 0. The summed E-state index contributed by atoms with van der Waals surface area (Å²) in [5.74, 6) is -0.891. The Balaban J connectivity index is 2.33. The molecule has 126 valence electrons. The molecule has 0 aliphatic rings. The van der Waals surface area contributed by atoms with Gasteiger partial charge in [-0.3, -0.25) is 0 Å². The molecule has 0 radical (unpaired) electrons. The van der Waals surface area contributed by atoms with E-state index in [4.69, 9.17) is 5.11 Å². The van der Waals surface area contributed by atoms with Crippen LogP contribution in [-0.4, -0.2) is 42.6 Å². The molecular weight excluding hydrogens is 324 g/mol. The minimum Gasteiger partial charge on any atom is -0.396 e. The molecule has 0 saturated carbocycles. The van der Waals surface area contributed by atoms with Crippen LogP contribution in [0.1, 0.15) is 18.9 Å². The SMILES string of the molecule is C[C@@H](SCCCO)[C@](O)(Cn1cncn1)c1ccc(F)cc1F. The Morgan fingerprint density at radius 3 is 2.78 bits per heavy atom. The molecule has 2 rings (SSSR count). The van der Waals surface area contributed by atoms with Crippen molar-refractivity contribution in [3.8, 4) is 0 Å². The third kappa shape index (κ3) is 4.27. The Bertz CT molecular complexity index is 627. The van der Waals surface area contributed by atoms with E-state index >= 15 is 0 Å². The van der Waals surface area contributed by atoms with Crippen LogP contribution in [0, 0.1) is 11.6 Å². The lowest BCUT2D eigenvalue weighted by Gasteiger charge is -2.34. The van der Waals surface area contributed by atoms with E-state index in [0.717, 1.165) is 12.1 Å². The average molecular weight is 343 g/mol. The summed E-state index contributed by atoms with van der Waals surface area (Å²) in [6, 6.07) is 3.13. The summed E-state index contributed by atoms with van der Waals surface area (Å²) in [6.45, 7) is 1.80. The van der Waals surface area contributed by atoms with Gasteiger partial charge in [0.05, 0.1) is 6.54 Å². The first-order chi connectivity index (χ1) is 11.0. The molecular formula is C15H19F2N3O2S. The summed E-state index contributed by atoms with van der Waals surface area (Å²) in [6.07, 6.45) is 3.32. The second kappa shape index (κ2) is 7.85. The number of aromatic nitrogens is 3. The van der Waals surface area contributed by atoms with Crippen LogP contribution in [0.5, 0.6) is 0 Å². The Kier molecular flexibility index (Phi) is 6.09. The monoisotopic (exact) mass is 343 g/mol. The lowest BCUT2D eigenvalue weighted by molar-refractivity contribution is 0.0133. The molecule has 2 atom stereocenters. The van der Waals surface area contributed by atoms with Gasteiger partial charge in [-0.05, 0) is 18.2 Å². The molecule has 0 saturated heterocycles. The number of benzene rings is 1. The largest absolute Gasteiger partial charge is 0.396 e. The van der Waals surface area contributed by atoms with E-state index in [1.165, 1.54) is 35.2 Å². The molecule has 0 unspecified atom stereocenters. The maximum atomic E-state index is 14.2. The summed E-state index contributed by atoms with van der Waals surface area (Å²) >= 11 is 1.41. The molecule has 23 heavy (non-hydrogen) atoms. The number of aliphatic hydroxyl groups is 2. The van der Waals surface area contributed by atoms with Crippen molar-refractivity contribution in [2.45, 2.75) is 30.7 Å². The topological polar surface area (TPSA) is 71.2 Å². The molecule has 1 aromatic heterocycles. The van der Waals surface area contributed by atoms with E-state index in [-0.39, 0.29) is 18.7 Å². The number of rotatable bonds is 8. The van der Waals surface area contributed by atoms with E-state index in [9.17, 15) is 13.9 Å². The molecule has 0 amide bonds. The Morgan fingerprint density at radius 1 is 1.39 bits per heavy atom. The zero-order chi connectivity index (χ0) is 16.9. The van der Waals surface area contributed by atoms with Gasteiger partial charge in [-0.1, -0.05) is 13.0 Å². The highest BCUT2D eigenvalue weighted by Crippen LogP contribution is 2.36. The standard InChI is InChI=1S/C15H19F2N3O2S/c1-11(23-6-2-5-21)15(22,8-20-10-18-9-19-20)13-4-3-12(16)7-14(13)17/h3-4,7,9-11,21-22H,2,5-6,8H2,1H3/t11-,15-/m1/s1. The molecule has 1 heterocycles. The summed E-state index contributed by atoms with van der Waals surface area (Å²) in [5.41, 5.74) is -1.58. The summed E-state index contributed by atoms with van der Waals surface area (Å²) in [4.78, 5) is 3.82. The van der Waals surface area contributed by atoms with Gasteiger partial charge in [0.1, 0.15) is 29.9 Å². The molecule has 2 N–H and O–H groups in total. The Hall–Kier alpha value is -1.51. The zero-order valence-corrected chi connectivity index (χ0v) is 13.5.